The quantitative estimate of drug-likeness (QED) is 0.656. The second kappa shape index (κ2) is 3.06. The normalized spacial score (nSPS) is 11.2. The Kier molecular flexibility index (Phi) is 2.27. The van der Waals surface area contributed by atoms with Crippen molar-refractivity contribution in [2.45, 2.75) is 5.03 Å². The van der Waals surface area contributed by atoms with Crippen LogP contribution in [0, 0.1) is 0 Å². The summed E-state index contributed by atoms with van der Waals surface area (Å²) in [6, 6.07) is 1.36. The third-order valence-corrected chi connectivity index (χ3v) is 2.22. The molecule has 0 fully saturated rings. The number of rotatable bonds is 2. The van der Waals surface area contributed by atoms with Crippen molar-refractivity contribution in [2.24, 2.45) is 0 Å². The van der Waals surface area contributed by atoms with Gasteiger partial charge in [0.15, 0.2) is 14.9 Å². The third kappa shape index (κ3) is 1.91. The van der Waals surface area contributed by atoms with Gasteiger partial charge in [0.2, 0.25) is 5.95 Å². The van der Waals surface area contributed by atoms with E-state index in [-0.39, 0.29) is 5.03 Å². The summed E-state index contributed by atoms with van der Waals surface area (Å²) in [4.78, 5) is 7.54. The Morgan fingerprint density at radius 3 is 2.67 bits per heavy atom. The average Bonchev–Trinajstić information content (AvgIpc) is 2.03. The smallest absolute Gasteiger partial charge is 0.223 e. The summed E-state index contributed by atoms with van der Waals surface area (Å²) < 4.78 is 22.0. The molecule has 0 aliphatic rings. The van der Waals surface area contributed by atoms with E-state index < -0.39 is 9.84 Å². The van der Waals surface area contributed by atoms with Crippen LogP contribution in [0.5, 0.6) is 0 Å². The first-order valence-electron chi connectivity index (χ1n) is 3.25. The van der Waals surface area contributed by atoms with Gasteiger partial charge in [0.05, 0.1) is 0 Å². The highest BCUT2D eigenvalue weighted by molar-refractivity contribution is 7.90. The Morgan fingerprint density at radius 2 is 2.17 bits per heavy atom. The highest BCUT2D eigenvalue weighted by Gasteiger charge is 2.08. The maximum absolute atomic E-state index is 11.0. The number of sulfone groups is 1. The topological polar surface area (TPSA) is 72.0 Å². The Labute approximate surface area is 70.8 Å². The number of anilines is 1. The van der Waals surface area contributed by atoms with Gasteiger partial charge in [-0.15, -0.1) is 0 Å². The highest BCUT2D eigenvalue weighted by atomic mass is 32.2. The summed E-state index contributed by atoms with van der Waals surface area (Å²) in [5, 5.41) is 2.68. The summed E-state index contributed by atoms with van der Waals surface area (Å²) in [6.07, 6.45) is 2.50. The molecule has 0 atom stereocenters. The fourth-order valence-corrected chi connectivity index (χ4v) is 1.23. The number of aromatic nitrogens is 2. The van der Waals surface area contributed by atoms with Crippen molar-refractivity contribution in [1.82, 2.24) is 9.97 Å². The Hall–Kier alpha value is -1.17. The molecule has 1 aromatic rings. The molecule has 1 aromatic heterocycles. The van der Waals surface area contributed by atoms with Crippen LogP contribution in [0.2, 0.25) is 0 Å². The van der Waals surface area contributed by atoms with Gasteiger partial charge in [-0.05, 0) is 6.07 Å². The predicted octanol–water partition coefficient (Wildman–Crippen LogP) is -0.0782. The molecule has 0 spiro atoms. The maximum Gasteiger partial charge on any atom is 0.223 e. The lowest BCUT2D eigenvalue weighted by Gasteiger charge is -1.99. The molecule has 1 heterocycles. The van der Waals surface area contributed by atoms with Crippen LogP contribution >= 0.6 is 0 Å². The van der Waals surface area contributed by atoms with E-state index in [1.807, 2.05) is 0 Å². The Morgan fingerprint density at radius 1 is 1.50 bits per heavy atom. The van der Waals surface area contributed by atoms with Crippen molar-refractivity contribution in [3.05, 3.63) is 12.3 Å². The van der Waals surface area contributed by atoms with Crippen LogP contribution in [0.4, 0.5) is 5.95 Å². The highest BCUT2D eigenvalue weighted by Crippen LogP contribution is 2.05. The van der Waals surface area contributed by atoms with E-state index in [1.54, 1.807) is 7.05 Å². The summed E-state index contributed by atoms with van der Waals surface area (Å²) in [7, 11) is -1.60. The van der Waals surface area contributed by atoms with Gasteiger partial charge in [-0.3, -0.25) is 0 Å². The molecular formula is C6H9N3O2S. The van der Waals surface area contributed by atoms with Gasteiger partial charge in [0, 0.05) is 19.5 Å². The molecule has 5 nitrogen and oxygen atoms in total. The van der Waals surface area contributed by atoms with Gasteiger partial charge in [-0.25, -0.2) is 18.4 Å². The zero-order chi connectivity index (χ0) is 9.19. The van der Waals surface area contributed by atoms with Crippen molar-refractivity contribution in [3.63, 3.8) is 0 Å². The first kappa shape index (κ1) is 8.92. The third-order valence-electron chi connectivity index (χ3n) is 1.23. The fraction of sp³-hybridized carbons (Fsp3) is 0.333. The Balaban J connectivity index is 3.20. The molecule has 0 aliphatic carbocycles. The molecule has 0 unspecified atom stereocenters. The average molecular weight is 187 g/mol. The van der Waals surface area contributed by atoms with E-state index >= 15 is 0 Å². The lowest BCUT2D eigenvalue weighted by atomic mass is 10.7. The van der Waals surface area contributed by atoms with Crippen molar-refractivity contribution < 1.29 is 8.42 Å². The maximum atomic E-state index is 11.0. The largest absolute Gasteiger partial charge is 0.357 e. The van der Waals surface area contributed by atoms with E-state index in [0.29, 0.717) is 5.95 Å². The molecule has 1 rings (SSSR count). The van der Waals surface area contributed by atoms with Gasteiger partial charge in [-0.2, -0.15) is 0 Å². The summed E-state index contributed by atoms with van der Waals surface area (Å²) in [5.41, 5.74) is 0. The van der Waals surface area contributed by atoms with Crippen molar-refractivity contribution in [1.29, 1.82) is 0 Å². The molecule has 0 bridgehead atoms. The summed E-state index contributed by atoms with van der Waals surface area (Å²) >= 11 is 0. The van der Waals surface area contributed by atoms with Crippen molar-refractivity contribution in [2.75, 3.05) is 18.6 Å². The molecule has 1 N–H and O–H groups in total. The van der Waals surface area contributed by atoms with E-state index in [9.17, 15) is 8.42 Å². The van der Waals surface area contributed by atoms with Gasteiger partial charge in [-0.1, -0.05) is 0 Å². The monoisotopic (exact) mass is 187 g/mol. The minimum Gasteiger partial charge on any atom is -0.357 e. The SMILES string of the molecule is CNc1nccc(S(C)(=O)=O)n1. The fourth-order valence-electron chi connectivity index (χ4n) is 0.669. The number of hydrogen-bond acceptors (Lipinski definition) is 5. The van der Waals surface area contributed by atoms with E-state index in [0.717, 1.165) is 6.26 Å². The van der Waals surface area contributed by atoms with Crippen LogP contribution in [0.3, 0.4) is 0 Å². The molecule has 0 aliphatic heterocycles. The number of hydrogen-bond donors (Lipinski definition) is 1. The first-order chi connectivity index (χ1) is 5.54. The van der Waals surface area contributed by atoms with Crippen LogP contribution in [0.1, 0.15) is 0 Å². The lowest BCUT2D eigenvalue weighted by molar-refractivity contribution is 0.598. The molecule has 0 radical (unpaired) electrons. The van der Waals surface area contributed by atoms with Crippen LogP contribution in [-0.4, -0.2) is 31.7 Å². The molecule has 0 saturated carbocycles. The van der Waals surface area contributed by atoms with Gasteiger partial charge >= 0.3 is 0 Å². The summed E-state index contributed by atoms with van der Waals surface area (Å²) in [5.74, 6) is 0.304. The van der Waals surface area contributed by atoms with E-state index in [1.165, 1.54) is 12.3 Å². The van der Waals surface area contributed by atoms with Crippen LogP contribution in [0.25, 0.3) is 0 Å². The minimum absolute atomic E-state index is 0.0295. The molecule has 66 valence electrons. The van der Waals surface area contributed by atoms with Crippen LogP contribution in [0.15, 0.2) is 17.3 Å². The second-order valence-corrected chi connectivity index (χ2v) is 4.20. The molecule has 12 heavy (non-hydrogen) atoms. The summed E-state index contributed by atoms with van der Waals surface area (Å²) in [6.45, 7) is 0. The van der Waals surface area contributed by atoms with Crippen molar-refractivity contribution >= 4 is 15.8 Å². The second-order valence-electron chi connectivity index (χ2n) is 2.24. The van der Waals surface area contributed by atoms with Gasteiger partial charge in [0.25, 0.3) is 0 Å². The van der Waals surface area contributed by atoms with E-state index in [4.69, 9.17) is 0 Å². The first-order valence-corrected chi connectivity index (χ1v) is 5.14. The van der Waals surface area contributed by atoms with Crippen LogP contribution < -0.4 is 5.32 Å². The van der Waals surface area contributed by atoms with Crippen LogP contribution in [-0.2, 0) is 9.84 Å². The zero-order valence-electron chi connectivity index (χ0n) is 6.77. The minimum atomic E-state index is -3.23. The molecule has 6 heteroatoms. The standard InChI is InChI=1S/C6H9N3O2S/c1-7-6-8-4-3-5(9-6)12(2,10)11/h3-4H,1-2H3,(H,7,8,9). The molecule has 0 saturated heterocycles. The van der Waals surface area contributed by atoms with E-state index in [2.05, 4.69) is 15.3 Å². The predicted molar refractivity (Wildman–Crippen MR) is 44.7 cm³/mol. The van der Waals surface area contributed by atoms with Gasteiger partial charge < -0.3 is 5.32 Å². The Bertz CT molecular complexity index is 374. The number of nitrogens with zero attached hydrogens (tertiary/aromatic N) is 2. The molecule has 0 aromatic carbocycles. The molecule has 0 amide bonds. The zero-order valence-corrected chi connectivity index (χ0v) is 7.59. The molecular weight excluding hydrogens is 178 g/mol. The van der Waals surface area contributed by atoms with Gasteiger partial charge in [0.1, 0.15) is 0 Å². The van der Waals surface area contributed by atoms with Crippen molar-refractivity contribution in [3.8, 4) is 0 Å². The number of nitrogens with one attached hydrogen (secondary N) is 1. The lowest BCUT2D eigenvalue weighted by Crippen LogP contribution is -2.04.